The van der Waals surface area contributed by atoms with Crippen LogP contribution in [0.25, 0.3) is 0 Å². The first-order chi connectivity index (χ1) is 5.61. The van der Waals surface area contributed by atoms with Crippen molar-refractivity contribution in [1.29, 1.82) is 0 Å². The van der Waals surface area contributed by atoms with Crippen molar-refractivity contribution in [2.24, 2.45) is 0 Å². The third kappa shape index (κ3) is 3.42. The molecule has 0 saturated carbocycles. The van der Waals surface area contributed by atoms with E-state index in [1.54, 1.807) is 0 Å². The van der Waals surface area contributed by atoms with Crippen LogP contribution in [-0.2, 0) is 11.2 Å². The summed E-state index contributed by atoms with van der Waals surface area (Å²) in [5.41, 5.74) is -0.199. The number of carboxylic acid groups (broad SMARTS) is 1. The molecule has 0 fully saturated rings. The Hall–Kier alpha value is -0.450. The summed E-state index contributed by atoms with van der Waals surface area (Å²) in [4.78, 5) is 10.0. The molecule has 0 amide bonds. The number of aliphatic carboxylic acids is 1. The van der Waals surface area contributed by atoms with E-state index in [2.05, 4.69) is 0 Å². The zero-order valence-electron chi connectivity index (χ0n) is 7.01. The zero-order chi connectivity index (χ0) is 9.14. The summed E-state index contributed by atoms with van der Waals surface area (Å²) in [5.74, 6) is -3.60. The summed E-state index contributed by atoms with van der Waals surface area (Å²) >= 11 is 0. The van der Waals surface area contributed by atoms with Crippen LogP contribution in [-0.4, -0.2) is 5.97 Å². The molecule has 0 saturated heterocycles. The molecule has 0 bridgehead atoms. The molecule has 0 atom stereocenters. The number of carboxylic acids is 1. The summed E-state index contributed by atoms with van der Waals surface area (Å²) in [7, 11) is 0. The van der Waals surface area contributed by atoms with E-state index in [1.807, 2.05) is 0 Å². The van der Waals surface area contributed by atoms with E-state index >= 15 is 0 Å². The van der Waals surface area contributed by atoms with Gasteiger partial charge >= 0.3 is 29.6 Å². The minimum atomic E-state index is -1.43. The zero-order valence-corrected chi connectivity index (χ0v) is 9.01. The molecule has 0 unspecified atom stereocenters. The van der Waals surface area contributed by atoms with Crippen molar-refractivity contribution in [2.45, 2.75) is 6.42 Å². The van der Waals surface area contributed by atoms with Crippen molar-refractivity contribution in [2.75, 3.05) is 0 Å². The van der Waals surface area contributed by atoms with E-state index in [1.165, 1.54) is 12.1 Å². The van der Waals surface area contributed by atoms with E-state index in [-0.39, 0.29) is 35.1 Å². The summed E-state index contributed by atoms with van der Waals surface area (Å²) in [5, 5.41) is 10.0. The van der Waals surface area contributed by atoms with Crippen LogP contribution in [0.15, 0.2) is 18.2 Å². The molecule has 1 aromatic rings. The molecule has 5 heteroatoms. The maximum absolute atomic E-state index is 12.7. The van der Waals surface area contributed by atoms with Crippen LogP contribution in [0.5, 0.6) is 0 Å². The normalized spacial score (nSPS) is 9.08. The molecule has 1 aromatic carbocycles. The van der Waals surface area contributed by atoms with E-state index in [0.29, 0.717) is 0 Å². The SMILES string of the molecule is O=C([O-])Cc1cccc(F)c1F.[Na+]. The topological polar surface area (TPSA) is 40.1 Å². The molecule has 0 aromatic heterocycles. The van der Waals surface area contributed by atoms with Gasteiger partial charge in [0.1, 0.15) is 0 Å². The molecule has 64 valence electrons. The fraction of sp³-hybridized carbons (Fsp3) is 0.125. The maximum Gasteiger partial charge on any atom is 1.00 e. The number of carbonyl (C=O) groups excluding carboxylic acids is 1. The molecule has 2 nitrogen and oxygen atoms in total. The second kappa shape index (κ2) is 5.32. The second-order valence-corrected chi connectivity index (χ2v) is 2.26. The maximum atomic E-state index is 12.7. The second-order valence-electron chi connectivity index (χ2n) is 2.26. The fourth-order valence-electron chi connectivity index (χ4n) is 0.840. The van der Waals surface area contributed by atoms with Gasteiger partial charge in [0, 0.05) is 12.4 Å². The van der Waals surface area contributed by atoms with Crippen LogP contribution in [0, 0.1) is 11.6 Å². The first kappa shape index (κ1) is 12.5. The molecule has 0 aliphatic carbocycles. The Balaban J connectivity index is 0.00000144. The van der Waals surface area contributed by atoms with Gasteiger partial charge in [-0.25, -0.2) is 8.78 Å². The van der Waals surface area contributed by atoms with Gasteiger partial charge in [-0.1, -0.05) is 12.1 Å². The smallest absolute Gasteiger partial charge is 0.550 e. The van der Waals surface area contributed by atoms with Gasteiger partial charge in [0.2, 0.25) is 0 Å². The summed E-state index contributed by atoms with van der Waals surface area (Å²) < 4.78 is 25.1. The van der Waals surface area contributed by atoms with Crippen LogP contribution < -0.4 is 34.7 Å². The van der Waals surface area contributed by atoms with Gasteiger partial charge in [-0.15, -0.1) is 0 Å². The molecule has 0 aliphatic heterocycles. The molecule has 0 spiro atoms. The Morgan fingerprint density at radius 2 is 2.00 bits per heavy atom. The molecular formula is C8H5F2NaO2. The number of halogens is 2. The minimum absolute atomic E-state index is 0. The van der Waals surface area contributed by atoms with Crippen molar-refractivity contribution in [3.8, 4) is 0 Å². The molecule has 0 N–H and O–H groups in total. The van der Waals surface area contributed by atoms with Gasteiger partial charge in [-0.2, -0.15) is 0 Å². The van der Waals surface area contributed by atoms with Crippen LogP contribution >= 0.6 is 0 Å². The number of benzene rings is 1. The quantitative estimate of drug-likeness (QED) is 0.479. The van der Waals surface area contributed by atoms with Gasteiger partial charge in [0.05, 0.1) is 0 Å². The predicted octanol–water partition coefficient (Wildman–Crippen LogP) is -2.74. The average molecular weight is 194 g/mol. The Morgan fingerprint density at radius 1 is 1.38 bits per heavy atom. The summed E-state index contributed by atoms with van der Waals surface area (Å²) in [6.07, 6.45) is -0.608. The van der Waals surface area contributed by atoms with Crippen molar-refractivity contribution in [1.82, 2.24) is 0 Å². The predicted molar refractivity (Wildman–Crippen MR) is 35.1 cm³/mol. The Morgan fingerprint density at radius 3 is 2.54 bits per heavy atom. The van der Waals surface area contributed by atoms with Crippen molar-refractivity contribution < 1.29 is 48.2 Å². The standard InChI is InChI=1S/C8H6F2O2.Na/c9-6-3-1-2-5(8(6)10)4-7(11)12;/h1-3H,4H2,(H,11,12);/q;+1/p-1. The van der Waals surface area contributed by atoms with Gasteiger partial charge < -0.3 is 9.90 Å². The third-order valence-corrected chi connectivity index (χ3v) is 1.37. The van der Waals surface area contributed by atoms with Gasteiger partial charge in [0.15, 0.2) is 11.6 Å². The van der Waals surface area contributed by atoms with E-state index < -0.39 is 24.0 Å². The van der Waals surface area contributed by atoms with Crippen LogP contribution in [0.3, 0.4) is 0 Å². The average Bonchev–Trinajstić information content (AvgIpc) is 1.98. The summed E-state index contributed by atoms with van der Waals surface area (Å²) in [6, 6.07) is 3.37. The largest absolute Gasteiger partial charge is 1.00 e. The van der Waals surface area contributed by atoms with Gasteiger partial charge in [0.25, 0.3) is 0 Å². The van der Waals surface area contributed by atoms with Crippen LogP contribution in [0.1, 0.15) is 5.56 Å². The number of rotatable bonds is 2. The first-order valence-electron chi connectivity index (χ1n) is 3.24. The molecule has 1 rings (SSSR count). The first-order valence-corrected chi connectivity index (χ1v) is 3.24. The number of carbonyl (C=O) groups is 1. The minimum Gasteiger partial charge on any atom is -0.550 e. The molecule has 0 aliphatic rings. The Labute approximate surface area is 95.9 Å². The van der Waals surface area contributed by atoms with E-state index in [9.17, 15) is 18.7 Å². The van der Waals surface area contributed by atoms with Crippen molar-refractivity contribution in [3.63, 3.8) is 0 Å². The number of hydrogen-bond donors (Lipinski definition) is 0. The molecule has 13 heavy (non-hydrogen) atoms. The molecule has 0 heterocycles. The van der Waals surface area contributed by atoms with Crippen molar-refractivity contribution >= 4 is 5.97 Å². The van der Waals surface area contributed by atoms with Gasteiger partial charge in [-0.05, 0) is 11.6 Å². The van der Waals surface area contributed by atoms with Crippen molar-refractivity contribution in [3.05, 3.63) is 35.4 Å². The molecular weight excluding hydrogens is 189 g/mol. The van der Waals surface area contributed by atoms with Crippen LogP contribution in [0.2, 0.25) is 0 Å². The molecule has 0 radical (unpaired) electrons. The number of hydrogen-bond acceptors (Lipinski definition) is 2. The van der Waals surface area contributed by atoms with E-state index in [4.69, 9.17) is 0 Å². The fourth-order valence-corrected chi connectivity index (χ4v) is 0.840. The third-order valence-electron chi connectivity index (χ3n) is 1.37. The van der Waals surface area contributed by atoms with Crippen LogP contribution in [0.4, 0.5) is 8.78 Å². The Kier molecular flexibility index (Phi) is 5.13. The van der Waals surface area contributed by atoms with E-state index in [0.717, 1.165) is 6.07 Å². The monoisotopic (exact) mass is 194 g/mol. The Bertz CT molecular complexity index is 315. The van der Waals surface area contributed by atoms with Gasteiger partial charge in [-0.3, -0.25) is 0 Å². The summed E-state index contributed by atoms with van der Waals surface area (Å²) in [6.45, 7) is 0.